The zero-order valence-corrected chi connectivity index (χ0v) is 10.8. The molecule has 18 heavy (non-hydrogen) atoms. The van der Waals surface area contributed by atoms with Gasteiger partial charge < -0.3 is 10.2 Å². The maximum Gasteiger partial charge on any atom is 0.241 e. The van der Waals surface area contributed by atoms with Gasteiger partial charge in [0.1, 0.15) is 6.04 Å². The topological polar surface area (TPSA) is 56.1 Å². The predicted octanol–water partition coefficient (Wildman–Crippen LogP) is 1.03. The SMILES string of the molecule is CCC1CCNC1C(=O)N1C(C#N)CC23CC12C3. The molecule has 4 nitrogen and oxygen atoms in total. The molecule has 4 fully saturated rings. The largest absolute Gasteiger partial charge is 0.319 e. The van der Waals surface area contributed by atoms with Crippen molar-refractivity contribution in [2.75, 3.05) is 6.54 Å². The van der Waals surface area contributed by atoms with Crippen LogP contribution in [0.2, 0.25) is 0 Å². The van der Waals surface area contributed by atoms with Crippen molar-refractivity contribution in [1.82, 2.24) is 10.2 Å². The van der Waals surface area contributed by atoms with Crippen molar-refractivity contribution in [3.05, 3.63) is 0 Å². The van der Waals surface area contributed by atoms with Crippen LogP contribution in [0.4, 0.5) is 0 Å². The van der Waals surface area contributed by atoms with E-state index in [1.165, 1.54) is 0 Å². The lowest BCUT2D eigenvalue weighted by Crippen LogP contribution is -2.52. The van der Waals surface area contributed by atoms with Crippen LogP contribution < -0.4 is 5.32 Å². The van der Waals surface area contributed by atoms with Crippen LogP contribution in [0.15, 0.2) is 0 Å². The third kappa shape index (κ3) is 1.03. The number of rotatable bonds is 2. The van der Waals surface area contributed by atoms with E-state index >= 15 is 0 Å². The first-order chi connectivity index (χ1) is 8.67. The molecule has 1 amide bonds. The predicted molar refractivity (Wildman–Crippen MR) is 65.5 cm³/mol. The van der Waals surface area contributed by atoms with Crippen molar-refractivity contribution in [1.29, 1.82) is 5.26 Å². The maximum absolute atomic E-state index is 12.8. The van der Waals surface area contributed by atoms with Gasteiger partial charge >= 0.3 is 0 Å². The summed E-state index contributed by atoms with van der Waals surface area (Å²) in [7, 11) is 0. The molecule has 4 heteroatoms. The Morgan fingerprint density at radius 1 is 1.56 bits per heavy atom. The highest BCUT2D eigenvalue weighted by Gasteiger charge is 2.91. The molecular weight excluding hydrogens is 226 g/mol. The number of likely N-dealkylation sites (tertiary alicyclic amines) is 1. The standard InChI is InChI=1S/C14H19N3O/c1-2-9-3-4-16-11(9)12(18)17-10(6-15)5-13-7-14(13,17)8-13/h9-11,16H,2-5,7-8H2,1H3. The van der Waals surface area contributed by atoms with E-state index in [4.69, 9.17) is 0 Å². The molecule has 1 N–H and O–H groups in total. The fraction of sp³-hybridized carbons (Fsp3) is 0.857. The Bertz CT molecular complexity index is 460. The van der Waals surface area contributed by atoms with Gasteiger partial charge in [-0.05, 0) is 38.1 Å². The number of carbonyl (C=O) groups is 1. The monoisotopic (exact) mass is 245 g/mol. The number of nitrogens with one attached hydrogen (secondary N) is 1. The number of amides is 1. The molecule has 2 saturated heterocycles. The molecule has 2 heterocycles. The first-order valence-corrected chi connectivity index (χ1v) is 7.14. The van der Waals surface area contributed by atoms with Gasteiger partial charge in [0.05, 0.1) is 17.6 Å². The van der Waals surface area contributed by atoms with Crippen molar-refractivity contribution < 1.29 is 4.79 Å². The fourth-order valence-corrected chi connectivity index (χ4v) is 4.60. The Kier molecular flexibility index (Phi) is 1.85. The molecule has 0 aromatic heterocycles. The van der Waals surface area contributed by atoms with E-state index in [1.54, 1.807) is 0 Å². The molecule has 96 valence electrons. The van der Waals surface area contributed by atoms with Gasteiger partial charge in [-0.1, -0.05) is 13.3 Å². The number of nitrogens with zero attached hydrogens (tertiary/aromatic N) is 2. The average molecular weight is 245 g/mol. The van der Waals surface area contributed by atoms with Crippen molar-refractivity contribution in [3.8, 4) is 6.07 Å². The van der Waals surface area contributed by atoms with Gasteiger partial charge in [-0.3, -0.25) is 4.79 Å². The molecule has 0 radical (unpaired) electrons. The van der Waals surface area contributed by atoms with Gasteiger partial charge in [0.2, 0.25) is 5.91 Å². The molecule has 4 aliphatic rings. The molecule has 0 spiro atoms. The lowest BCUT2D eigenvalue weighted by molar-refractivity contribution is -0.137. The summed E-state index contributed by atoms with van der Waals surface area (Å²) in [6.07, 6.45) is 5.39. The second-order valence-corrected chi connectivity index (χ2v) is 6.61. The fourth-order valence-electron chi connectivity index (χ4n) is 4.60. The van der Waals surface area contributed by atoms with E-state index in [9.17, 15) is 10.1 Å². The van der Waals surface area contributed by atoms with Gasteiger partial charge in [0.15, 0.2) is 0 Å². The van der Waals surface area contributed by atoms with E-state index in [0.717, 1.165) is 38.6 Å². The third-order valence-corrected chi connectivity index (χ3v) is 5.88. The summed E-state index contributed by atoms with van der Waals surface area (Å²) in [5, 5.41) is 12.6. The Balaban J connectivity index is 1.59. The minimum Gasteiger partial charge on any atom is -0.319 e. The summed E-state index contributed by atoms with van der Waals surface area (Å²) in [5.41, 5.74) is 0.510. The van der Waals surface area contributed by atoms with E-state index in [1.807, 2.05) is 4.90 Å². The molecule has 3 unspecified atom stereocenters. The number of piperidine rings is 2. The lowest BCUT2D eigenvalue weighted by Gasteiger charge is -2.33. The molecule has 4 rings (SSSR count). The van der Waals surface area contributed by atoms with Crippen LogP contribution in [0, 0.1) is 22.7 Å². The number of nitriles is 1. The molecule has 0 aromatic carbocycles. The molecular formula is C14H19N3O. The van der Waals surface area contributed by atoms with E-state index < -0.39 is 0 Å². The van der Waals surface area contributed by atoms with Crippen LogP contribution in [0.25, 0.3) is 0 Å². The zero-order chi connectivity index (χ0) is 12.5. The number of carbonyl (C=O) groups excluding carboxylic acids is 1. The number of hydrogen-bond donors (Lipinski definition) is 1. The van der Waals surface area contributed by atoms with Crippen LogP contribution in [0.1, 0.15) is 39.0 Å². The van der Waals surface area contributed by atoms with Gasteiger partial charge in [-0.2, -0.15) is 5.26 Å². The maximum atomic E-state index is 12.8. The van der Waals surface area contributed by atoms with Gasteiger partial charge in [-0.25, -0.2) is 0 Å². The zero-order valence-electron chi connectivity index (χ0n) is 10.8. The first kappa shape index (κ1) is 10.8. The molecule has 3 atom stereocenters. The van der Waals surface area contributed by atoms with E-state index in [2.05, 4.69) is 18.3 Å². The van der Waals surface area contributed by atoms with Crippen LogP contribution >= 0.6 is 0 Å². The summed E-state index contributed by atoms with van der Waals surface area (Å²) >= 11 is 0. The summed E-state index contributed by atoms with van der Waals surface area (Å²) in [5.74, 6) is 0.670. The minimum absolute atomic E-state index is 0.0303. The second kappa shape index (κ2) is 3.08. The summed E-state index contributed by atoms with van der Waals surface area (Å²) in [4.78, 5) is 14.7. The molecule has 2 saturated carbocycles. The van der Waals surface area contributed by atoms with Crippen LogP contribution in [-0.2, 0) is 4.79 Å². The van der Waals surface area contributed by atoms with E-state index in [-0.39, 0.29) is 23.5 Å². The average Bonchev–Trinajstić information content (AvgIpc) is 3.00. The Labute approximate surface area is 107 Å². The van der Waals surface area contributed by atoms with Crippen LogP contribution in [-0.4, -0.2) is 35.0 Å². The van der Waals surface area contributed by atoms with Crippen molar-refractivity contribution >= 4 is 5.91 Å². The highest BCUT2D eigenvalue weighted by atomic mass is 16.2. The molecule has 2 aliphatic carbocycles. The summed E-state index contributed by atoms with van der Waals surface area (Å²) in [6.45, 7) is 3.10. The molecule has 2 aliphatic heterocycles. The van der Waals surface area contributed by atoms with Crippen molar-refractivity contribution in [3.63, 3.8) is 0 Å². The Hall–Kier alpha value is -1.08. The number of hydrogen-bond acceptors (Lipinski definition) is 3. The Morgan fingerprint density at radius 3 is 3.00 bits per heavy atom. The van der Waals surface area contributed by atoms with Crippen LogP contribution in [0.3, 0.4) is 0 Å². The van der Waals surface area contributed by atoms with Crippen LogP contribution in [0.5, 0.6) is 0 Å². The summed E-state index contributed by atoms with van der Waals surface area (Å²) < 4.78 is 0. The highest BCUT2D eigenvalue weighted by Crippen LogP contribution is 2.87. The molecule has 0 aromatic rings. The quantitative estimate of drug-likeness (QED) is 0.790. The van der Waals surface area contributed by atoms with Crippen molar-refractivity contribution in [2.24, 2.45) is 11.3 Å². The second-order valence-electron chi connectivity index (χ2n) is 6.61. The summed E-state index contributed by atoms with van der Waals surface area (Å²) in [6, 6.07) is 2.16. The van der Waals surface area contributed by atoms with Gasteiger partial charge in [0.25, 0.3) is 0 Å². The minimum atomic E-state index is -0.153. The van der Waals surface area contributed by atoms with Gasteiger partial charge in [-0.15, -0.1) is 0 Å². The smallest absolute Gasteiger partial charge is 0.241 e. The lowest BCUT2D eigenvalue weighted by atomic mass is 9.95. The first-order valence-electron chi connectivity index (χ1n) is 7.14. The third-order valence-electron chi connectivity index (χ3n) is 5.88. The highest BCUT2D eigenvalue weighted by molar-refractivity contribution is 5.86. The van der Waals surface area contributed by atoms with Crippen molar-refractivity contribution in [2.45, 2.75) is 56.7 Å². The van der Waals surface area contributed by atoms with E-state index in [0.29, 0.717) is 11.3 Å². The molecule has 0 bridgehead atoms. The van der Waals surface area contributed by atoms with Gasteiger partial charge in [0, 0.05) is 5.41 Å². The normalized spacial score (nSPS) is 51.6. The Morgan fingerprint density at radius 2 is 2.33 bits per heavy atom.